The van der Waals surface area contributed by atoms with Crippen LogP contribution in [0.5, 0.6) is 0 Å². The summed E-state index contributed by atoms with van der Waals surface area (Å²) in [6.07, 6.45) is 0. The molecule has 24 heavy (non-hydrogen) atoms. The number of H-pyrrole nitrogens is 1. The molecule has 0 amide bonds. The lowest BCUT2D eigenvalue weighted by Crippen LogP contribution is -2.07. The molecule has 1 N–H and O–H groups in total. The van der Waals surface area contributed by atoms with Gasteiger partial charge in [0.1, 0.15) is 12.4 Å². The molecular formula is C20H22N2O2. The van der Waals surface area contributed by atoms with E-state index >= 15 is 0 Å². The molecule has 0 saturated heterocycles. The molecule has 1 heterocycles. The van der Waals surface area contributed by atoms with Crippen molar-refractivity contribution in [3.63, 3.8) is 0 Å². The molecule has 0 aliphatic carbocycles. The minimum absolute atomic E-state index is 0.259. The lowest BCUT2D eigenvalue weighted by Gasteiger charge is -2.19. The molecule has 1 aromatic heterocycles. The smallest absolute Gasteiger partial charge is 0.302 e. The topological polar surface area (TPSA) is 55.0 Å². The van der Waals surface area contributed by atoms with Crippen LogP contribution in [0.1, 0.15) is 34.7 Å². The number of hydrogen-bond acceptors (Lipinski definition) is 3. The molecule has 4 heteroatoms. The van der Waals surface area contributed by atoms with Crippen LogP contribution >= 0.6 is 0 Å². The highest BCUT2D eigenvalue weighted by Crippen LogP contribution is 2.34. The van der Waals surface area contributed by atoms with Crippen molar-refractivity contribution in [2.45, 2.75) is 41.2 Å². The third-order valence-corrected chi connectivity index (χ3v) is 4.83. The third kappa shape index (κ3) is 2.68. The van der Waals surface area contributed by atoms with Crippen LogP contribution in [0.4, 0.5) is 0 Å². The van der Waals surface area contributed by atoms with E-state index in [1.807, 2.05) is 24.3 Å². The van der Waals surface area contributed by atoms with Crippen molar-refractivity contribution in [1.29, 1.82) is 0 Å². The molecule has 3 aromatic rings. The predicted molar refractivity (Wildman–Crippen MR) is 95.9 cm³/mol. The van der Waals surface area contributed by atoms with Gasteiger partial charge < -0.3 is 9.72 Å². The average molecular weight is 322 g/mol. The summed E-state index contributed by atoms with van der Waals surface area (Å²) in [5.41, 5.74) is 8.84. The summed E-state index contributed by atoms with van der Waals surface area (Å²) in [4.78, 5) is 19.3. The lowest BCUT2D eigenvalue weighted by atomic mass is 9.89. The number of aromatic amines is 1. The summed E-state index contributed by atoms with van der Waals surface area (Å²) in [6, 6.07) is 8.04. The second-order valence-corrected chi connectivity index (χ2v) is 6.24. The highest BCUT2D eigenvalue weighted by atomic mass is 16.5. The van der Waals surface area contributed by atoms with Crippen LogP contribution in [0, 0.1) is 27.7 Å². The Morgan fingerprint density at radius 2 is 1.67 bits per heavy atom. The Morgan fingerprint density at radius 1 is 1.04 bits per heavy atom. The van der Waals surface area contributed by atoms with E-state index < -0.39 is 0 Å². The van der Waals surface area contributed by atoms with E-state index in [4.69, 9.17) is 9.72 Å². The number of benzene rings is 2. The van der Waals surface area contributed by atoms with Gasteiger partial charge in [0.15, 0.2) is 0 Å². The number of carbonyl (C=O) groups is 1. The van der Waals surface area contributed by atoms with Gasteiger partial charge in [-0.3, -0.25) is 4.79 Å². The highest BCUT2D eigenvalue weighted by molar-refractivity contribution is 5.81. The predicted octanol–water partition coefficient (Wildman–Crippen LogP) is 4.53. The van der Waals surface area contributed by atoms with Crippen molar-refractivity contribution in [2.24, 2.45) is 0 Å². The summed E-state index contributed by atoms with van der Waals surface area (Å²) in [5, 5.41) is 0. The number of imidazole rings is 1. The van der Waals surface area contributed by atoms with Crippen LogP contribution in [0.2, 0.25) is 0 Å². The van der Waals surface area contributed by atoms with Crippen molar-refractivity contribution in [1.82, 2.24) is 9.97 Å². The fraction of sp³-hybridized carbons (Fsp3) is 0.300. The van der Waals surface area contributed by atoms with Gasteiger partial charge in [-0.2, -0.15) is 0 Å². The summed E-state index contributed by atoms with van der Waals surface area (Å²) in [5.74, 6) is 0.627. The number of esters is 1. The summed E-state index contributed by atoms with van der Waals surface area (Å²) >= 11 is 0. The minimum Gasteiger partial charge on any atom is -0.461 e. The summed E-state index contributed by atoms with van der Waals surface area (Å²) in [6.45, 7) is 10.1. The third-order valence-electron chi connectivity index (χ3n) is 4.83. The Hall–Kier alpha value is -2.62. The van der Waals surface area contributed by atoms with Gasteiger partial charge in [0, 0.05) is 12.5 Å². The molecule has 0 saturated carbocycles. The second-order valence-electron chi connectivity index (χ2n) is 6.24. The van der Waals surface area contributed by atoms with Crippen LogP contribution < -0.4 is 0 Å². The Balaban J connectivity index is 2.16. The van der Waals surface area contributed by atoms with Gasteiger partial charge in [0.05, 0.1) is 11.0 Å². The minimum atomic E-state index is -0.259. The fourth-order valence-corrected chi connectivity index (χ4v) is 3.21. The first kappa shape index (κ1) is 16.2. The first-order valence-corrected chi connectivity index (χ1v) is 8.08. The number of ether oxygens (including phenoxy) is 1. The van der Waals surface area contributed by atoms with Crippen molar-refractivity contribution in [2.75, 3.05) is 0 Å². The van der Waals surface area contributed by atoms with E-state index in [2.05, 4.69) is 32.7 Å². The molecule has 0 spiro atoms. The molecule has 0 atom stereocenters. The maximum atomic E-state index is 11.2. The van der Waals surface area contributed by atoms with Crippen LogP contribution in [0.25, 0.3) is 22.4 Å². The molecule has 0 aliphatic heterocycles. The Labute approximate surface area is 141 Å². The van der Waals surface area contributed by atoms with E-state index in [1.165, 1.54) is 18.1 Å². The zero-order valence-corrected chi connectivity index (χ0v) is 14.8. The van der Waals surface area contributed by atoms with Crippen LogP contribution in [0.15, 0.2) is 24.3 Å². The molecule has 0 fully saturated rings. The van der Waals surface area contributed by atoms with E-state index in [-0.39, 0.29) is 5.97 Å². The first-order chi connectivity index (χ1) is 11.4. The molecule has 0 radical (unpaired) electrons. The quantitative estimate of drug-likeness (QED) is 0.721. The van der Waals surface area contributed by atoms with Gasteiger partial charge in [0.25, 0.3) is 0 Å². The Bertz CT molecular complexity index is 876. The fourth-order valence-electron chi connectivity index (χ4n) is 3.21. The summed E-state index contributed by atoms with van der Waals surface area (Å²) < 4.78 is 5.23. The Morgan fingerprint density at radius 3 is 2.25 bits per heavy atom. The zero-order valence-electron chi connectivity index (χ0n) is 14.8. The number of nitrogens with zero attached hydrogens (tertiary/aromatic N) is 1. The standard InChI is InChI=1S/C20H22N2O2/c1-11-13(3)19(14(4)12(2)16(11)10-24-15(5)23)20-21-17-8-6-7-9-18(17)22-20/h6-9H,10H2,1-5H3,(H,21,22). The van der Waals surface area contributed by atoms with Gasteiger partial charge >= 0.3 is 5.97 Å². The number of fused-ring (bicyclic) bond motifs is 1. The second kappa shape index (κ2) is 6.11. The highest BCUT2D eigenvalue weighted by Gasteiger charge is 2.18. The van der Waals surface area contributed by atoms with Crippen LogP contribution in [-0.2, 0) is 16.1 Å². The molecule has 124 valence electrons. The molecule has 3 rings (SSSR count). The number of carbonyl (C=O) groups excluding carboxylic acids is 1. The lowest BCUT2D eigenvalue weighted by molar-refractivity contribution is -0.142. The monoisotopic (exact) mass is 322 g/mol. The van der Waals surface area contributed by atoms with Gasteiger partial charge in [-0.25, -0.2) is 4.98 Å². The first-order valence-electron chi connectivity index (χ1n) is 8.08. The van der Waals surface area contributed by atoms with Crippen LogP contribution in [-0.4, -0.2) is 15.9 Å². The van der Waals surface area contributed by atoms with Crippen molar-refractivity contribution >= 4 is 17.0 Å². The molecule has 2 aromatic carbocycles. The van der Waals surface area contributed by atoms with Gasteiger partial charge in [-0.05, 0) is 67.6 Å². The normalized spacial score (nSPS) is 11.0. The van der Waals surface area contributed by atoms with E-state index in [9.17, 15) is 4.79 Å². The molecule has 0 unspecified atom stereocenters. The molecule has 4 nitrogen and oxygen atoms in total. The van der Waals surface area contributed by atoms with E-state index in [1.54, 1.807) is 0 Å². The zero-order chi connectivity index (χ0) is 17.4. The van der Waals surface area contributed by atoms with Gasteiger partial charge in [0.2, 0.25) is 0 Å². The van der Waals surface area contributed by atoms with Crippen molar-refractivity contribution in [3.05, 3.63) is 52.1 Å². The van der Waals surface area contributed by atoms with E-state index in [0.29, 0.717) is 6.61 Å². The average Bonchev–Trinajstić information content (AvgIpc) is 2.96. The number of rotatable bonds is 3. The largest absolute Gasteiger partial charge is 0.461 e. The maximum absolute atomic E-state index is 11.2. The van der Waals surface area contributed by atoms with Crippen LogP contribution in [0.3, 0.4) is 0 Å². The molecule has 0 bridgehead atoms. The number of para-hydroxylation sites is 2. The number of nitrogens with one attached hydrogen (secondary N) is 1. The van der Waals surface area contributed by atoms with Gasteiger partial charge in [-0.1, -0.05) is 12.1 Å². The van der Waals surface area contributed by atoms with E-state index in [0.717, 1.165) is 39.1 Å². The van der Waals surface area contributed by atoms with Crippen molar-refractivity contribution < 1.29 is 9.53 Å². The number of aromatic nitrogens is 2. The molecular weight excluding hydrogens is 300 g/mol. The summed E-state index contributed by atoms with van der Waals surface area (Å²) in [7, 11) is 0. The SMILES string of the molecule is CC(=O)OCc1c(C)c(C)c(-c2nc3ccccc3[nH]2)c(C)c1C. The van der Waals surface area contributed by atoms with Crippen molar-refractivity contribution in [3.8, 4) is 11.4 Å². The molecule has 0 aliphatic rings. The van der Waals surface area contributed by atoms with Gasteiger partial charge in [-0.15, -0.1) is 0 Å². The maximum Gasteiger partial charge on any atom is 0.302 e. The number of hydrogen-bond donors (Lipinski definition) is 1. The Kier molecular flexibility index (Phi) is 4.14.